The summed E-state index contributed by atoms with van der Waals surface area (Å²) in [6.45, 7) is 7.69. The highest BCUT2D eigenvalue weighted by Crippen LogP contribution is 2.38. The predicted molar refractivity (Wildman–Crippen MR) is 142 cm³/mol. The highest BCUT2D eigenvalue weighted by molar-refractivity contribution is 6.31. The summed E-state index contributed by atoms with van der Waals surface area (Å²) in [6.07, 6.45) is 7.61. The number of anilines is 3. The van der Waals surface area contributed by atoms with Crippen LogP contribution in [-0.2, 0) is 6.54 Å². The van der Waals surface area contributed by atoms with Crippen LogP contribution in [0.2, 0.25) is 5.02 Å². The Morgan fingerprint density at radius 1 is 1.00 bits per heavy atom. The molecule has 0 atom stereocenters. The van der Waals surface area contributed by atoms with Crippen LogP contribution < -0.4 is 15.5 Å². The van der Waals surface area contributed by atoms with Gasteiger partial charge in [-0.25, -0.2) is 18.7 Å². The van der Waals surface area contributed by atoms with Gasteiger partial charge in [-0.05, 0) is 62.7 Å². The van der Waals surface area contributed by atoms with Gasteiger partial charge >= 0.3 is 0 Å². The second-order valence-electron chi connectivity index (χ2n) is 9.43. The molecule has 5 rings (SSSR count). The van der Waals surface area contributed by atoms with Crippen molar-refractivity contribution in [3.63, 3.8) is 0 Å². The Hall–Kier alpha value is -2.97. The molecule has 190 valence electrons. The molecule has 0 unspecified atom stereocenters. The lowest BCUT2D eigenvalue weighted by molar-refractivity contribution is 0.237. The lowest BCUT2D eigenvalue weighted by Crippen LogP contribution is -2.35. The number of hydrogen-bond donors (Lipinski definition) is 2. The predicted octanol–water partition coefficient (Wildman–Crippen LogP) is 5.71. The first-order chi connectivity index (χ1) is 17.5. The first-order valence-electron chi connectivity index (χ1n) is 12.5. The van der Waals surface area contributed by atoms with E-state index in [4.69, 9.17) is 11.6 Å². The third-order valence-electron chi connectivity index (χ3n) is 7.04. The molecule has 1 aromatic carbocycles. The van der Waals surface area contributed by atoms with Gasteiger partial charge in [-0.2, -0.15) is 0 Å². The van der Waals surface area contributed by atoms with E-state index in [9.17, 15) is 8.78 Å². The van der Waals surface area contributed by atoms with E-state index in [1.807, 2.05) is 36.4 Å². The number of halogens is 3. The maximum atomic E-state index is 14.5. The zero-order valence-corrected chi connectivity index (χ0v) is 21.2. The maximum Gasteiger partial charge on any atom is 0.149 e. The molecule has 0 radical (unpaired) electrons. The van der Waals surface area contributed by atoms with E-state index < -0.39 is 11.6 Å². The second-order valence-corrected chi connectivity index (χ2v) is 9.80. The maximum absolute atomic E-state index is 14.5. The summed E-state index contributed by atoms with van der Waals surface area (Å²) in [5.41, 5.74) is 3.90. The molecule has 1 saturated heterocycles. The largest absolute Gasteiger partial charge is 0.369 e. The van der Waals surface area contributed by atoms with Crippen LogP contribution in [0.5, 0.6) is 0 Å². The molecule has 2 aliphatic heterocycles. The molecule has 2 aromatic heterocycles. The van der Waals surface area contributed by atoms with Crippen molar-refractivity contribution >= 4 is 28.9 Å². The minimum Gasteiger partial charge on any atom is -0.369 e. The van der Waals surface area contributed by atoms with Crippen molar-refractivity contribution in [3.05, 3.63) is 64.4 Å². The first kappa shape index (κ1) is 24.7. The monoisotopic (exact) mass is 512 g/mol. The van der Waals surface area contributed by atoms with Crippen molar-refractivity contribution in [3.8, 4) is 11.1 Å². The summed E-state index contributed by atoms with van der Waals surface area (Å²) in [4.78, 5) is 13.7. The molecule has 6 nitrogen and oxygen atoms in total. The molecule has 0 saturated carbocycles. The standard InChI is InChI=1S/C27H31ClF2N6/c1-18-20(19-5-8-24(33-15-19)31-9-13-35-11-3-2-4-12-35)16-34-27-26(18)36(14-10-32-27)17-21-22(29)6-7-23(30)25(21)28/h5-8,15-16H,2-4,9-14,17H2,1H3,(H,31,33)(H,32,34). The van der Waals surface area contributed by atoms with Gasteiger partial charge in [-0.1, -0.05) is 18.0 Å². The first-order valence-corrected chi connectivity index (χ1v) is 12.9. The molecule has 3 aromatic rings. The molecule has 9 heteroatoms. The number of piperidine rings is 1. The van der Waals surface area contributed by atoms with Crippen molar-refractivity contribution in [1.29, 1.82) is 0 Å². The smallest absolute Gasteiger partial charge is 0.149 e. The van der Waals surface area contributed by atoms with Crippen molar-refractivity contribution in [2.24, 2.45) is 0 Å². The van der Waals surface area contributed by atoms with Gasteiger partial charge in [0.05, 0.1) is 10.7 Å². The number of likely N-dealkylation sites (tertiary alicyclic amines) is 1. The fourth-order valence-electron chi connectivity index (χ4n) is 5.07. The summed E-state index contributed by atoms with van der Waals surface area (Å²) < 4.78 is 28.5. The highest BCUT2D eigenvalue weighted by atomic mass is 35.5. The average Bonchev–Trinajstić information content (AvgIpc) is 2.90. The molecule has 0 aliphatic carbocycles. The van der Waals surface area contributed by atoms with Crippen LogP contribution in [0.3, 0.4) is 0 Å². The van der Waals surface area contributed by atoms with E-state index >= 15 is 0 Å². The number of hydrogen-bond acceptors (Lipinski definition) is 6. The summed E-state index contributed by atoms with van der Waals surface area (Å²) >= 11 is 6.12. The van der Waals surface area contributed by atoms with Crippen LogP contribution in [0.4, 0.5) is 26.1 Å². The Labute approximate surface area is 215 Å². The molecule has 0 bridgehead atoms. The summed E-state index contributed by atoms with van der Waals surface area (Å²) in [6, 6.07) is 6.20. The summed E-state index contributed by atoms with van der Waals surface area (Å²) in [5.74, 6) is 0.428. The van der Waals surface area contributed by atoms with Crippen LogP contribution in [0.1, 0.15) is 30.4 Å². The Kier molecular flexibility index (Phi) is 7.53. The minimum atomic E-state index is -0.622. The van der Waals surface area contributed by atoms with E-state index in [0.717, 1.165) is 59.2 Å². The van der Waals surface area contributed by atoms with Crippen molar-refractivity contribution in [2.75, 3.05) is 54.8 Å². The van der Waals surface area contributed by atoms with E-state index in [-0.39, 0.29) is 17.1 Å². The van der Waals surface area contributed by atoms with Crippen LogP contribution in [0.15, 0.2) is 36.7 Å². The van der Waals surface area contributed by atoms with Gasteiger partial charge in [0.1, 0.15) is 23.3 Å². The van der Waals surface area contributed by atoms with Crippen molar-refractivity contribution in [2.45, 2.75) is 32.7 Å². The van der Waals surface area contributed by atoms with E-state index in [2.05, 4.69) is 25.5 Å². The second kappa shape index (κ2) is 11.0. The van der Waals surface area contributed by atoms with Crippen molar-refractivity contribution in [1.82, 2.24) is 14.9 Å². The molecule has 0 amide bonds. The lowest BCUT2D eigenvalue weighted by atomic mass is 10.0. The summed E-state index contributed by atoms with van der Waals surface area (Å²) in [5, 5.41) is 6.56. The minimum absolute atomic E-state index is 0.149. The normalized spacial score (nSPS) is 15.9. The van der Waals surface area contributed by atoms with Gasteiger partial charge in [-0.3, -0.25) is 0 Å². The summed E-state index contributed by atoms with van der Waals surface area (Å²) in [7, 11) is 0. The molecule has 36 heavy (non-hydrogen) atoms. The Balaban J connectivity index is 1.33. The zero-order chi connectivity index (χ0) is 25.1. The number of nitrogens with zero attached hydrogens (tertiary/aromatic N) is 4. The number of rotatable bonds is 7. The SMILES string of the molecule is Cc1c(-c2ccc(NCCN3CCCCC3)nc2)cnc2c1N(Cc1c(F)ccc(F)c1Cl)CCN2. The molecule has 2 N–H and O–H groups in total. The van der Waals surface area contributed by atoms with Gasteiger partial charge in [0.15, 0.2) is 0 Å². The highest BCUT2D eigenvalue weighted by Gasteiger charge is 2.25. The third kappa shape index (κ3) is 5.25. The number of fused-ring (bicyclic) bond motifs is 1. The van der Waals surface area contributed by atoms with Crippen LogP contribution in [0, 0.1) is 18.6 Å². The number of pyridine rings is 2. The molecular weight excluding hydrogens is 482 g/mol. The molecule has 1 fully saturated rings. The Bertz CT molecular complexity index is 1210. The van der Waals surface area contributed by atoms with Crippen LogP contribution in [-0.4, -0.2) is 54.1 Å². The van der Waals surface area contributed by atoms with Gasteiger partial charge < -0.3 is 20.4 Å². The third-order valence-corrected chi connectivity index (χ3v) is 7.45. The van der Waals surface area contributed by atoms with Gasteiger partial charge in [0, 0.05) is 61.8 Å². The molecule has 4 heterocycles. The molecule has 2 aliphatic rings. The number of benzene rings is 1. The van der Waals surface area contributed by atoms with Gasteiger partial charge in [0.2, 0.25) is 0 Å². The number of nitrogens with one attached hydrogen (secondary N) is 2. The van der Waals surface area contributed by atoms with Crippen LogP contribution in [0.25, 0.3) is 11.1 Å². The van der Waals surface area contributed by atoms with Gasteiger partial charge in [-0.15, -0.1) is 0 Å². The van der Waals surface area contributed by atoms with E-state index in [0.29, 0.717) is 13.1 Å². The number of aromatic nitrogens is 2. The topological polar surface area (TPSA) is 56.3 Å². The fraction of sp³-hybridized carbons (Fsp3) is 0.407. The Morgan fingerprint density at radius 2 is 1.81 bits per heavy atom. The Morgan fingerprint density at radius 3 is 2.58 bits per heavy atom. The quantitative estimate of drug-likeness (QED) is 0.395. The zero-order valence-electron chi connectivity index (χ0n) is 20.5. The fourth-order valence-corrected chi connectivity index (χ4v) is 5.28. The van der Waals surface area contributed by atoms with Crippen LogP contribution >= 0.6 is 11.6 Å². The molecule has 0 spiro atoms. The van der Waals surface area contributed by atoms with Gasteiger partial charge in [0.25, 0.3) is 0 Å². The van der Waals surface area contributed by atoms with E-state index in [1.165, 1.54) is 32.4 Å². The lowest BCUT2D eigenvalue weighted by Gasteiger charge is -2.33. The van der Waals surface area contributed by atoms with Crippen molar-refractivity contribution < 1.29 is 8.78 Å². The van der Waals surface area contributed by atoms with E-state index in [1.54, 1.807) is 0 Å². The average molecular weight is 513 g/mol. The molecular formula is C27H31ClF2N6.